The summed E-state index contributed by atoms with van der Waals surface area (Å²) in [7, 11) is 0. The van der Waals surface area contributed by atoms with E-state index in [2.05, 4.69) is 25.9 Å². The number of H-pyrrole nitrogens is 1. The van der Waals surface area contributed by atoms with Crippen LogP contribution in [0, 0.1) is 0 Å². The van der Waals surface area contributed by atoms with Crippen molar-refractivity contribution in [3.05, 3.63) is 51.0 Å². The molecule has 1 aromatic heterocycles. The monoisotopic (exact) mass is 296 g/mol. The number of benzene rings is 1. The van der Waals surface area contributed by atoms with Gasteiger partial charge in [0.05, 0.1) is 0 Å². The van der Waals surface area contributed by atoms with Gasteiger partial charge in [0, 0.05) is 0 Å². The number of nitrogens with one attached hydrogen (secondary N) is 1. The minimum absolute atomic E-state index is 0.0148. The highest BCUT2D eigenvalue weighted by Crippen LogP contribution is 2.15. The Balaban J connectivity index is 2.13. The molecule has 0 saturated carbocycles. The summed E-state index contributed by atoms with van der Waals surface area (Å²) in [6.45, 7) is 0.0834. The molecule has 0 aliphatic heterocycles. The quantitative estimate of drug-likeness (QED) is 0.906. The number of hydrogen-bond acceptors (Lipinski definition) is 4. The van der Waals surface area contributed by atoms with Crippen LogP contribution in [0.25, 0.3) is 0 Å². The fourth-order valence-corrected chi connectivity index (χ4v) is 1.42. The molecule has 1 aromatic carbocycles. The van der Waals surface area contributed by atoms with Gasteiger partial charge in [-0.05, 0) is 28.1 Å². The van der Waals surface area contributed by atoms with Crippen molar-refractivity contribution >= 4 is 15.9 Å². The number of ether oxygens (including phenoxy) is 1. The van der Waals surface area contributed by atoms with Crippen LogP contribution in [0.5, 0.6) is 11.6 Å². The molecule has 1 heterocycles. The molecule has 2 N–H and O–H groups in total. The molecule has 17 heavy (non-hydrogen) atoms. The summed E-state index contributed by atoms with van der Waals surface area (Å²) >= 11 is 2.91. The molecule has 0 atom stereocenters. The number of rotatable bonds is 3. The van der Waals surface area contributed by atoms with Crippen molar-refractivity contribution in [1.29, 1.82) is 0 Å². The van der Waals surface area contributed by atoms with Crippen LogP contribution >= 0.6 is 15.9 Å². The van der Waals surface area contributed by atoms with E-state index in [0.717, 1.165) is 0 Å². The summed E-state index contributed by atoms with van der Waals surface area (Å²) in [5.74, 6) is 0.581. The van der Waals surface area contributed by atoms with Gasteiger partial charge >= 0.3 is 0 Å². The summed E-state index contributed by atoms with van der Waals surface area (Å²) < 4.78 is 5.40. The second-order valence-corrected chi connectivity index (χ2v) is 4.04. The van der Waals surface area contributed by atoms with Gasteiger partial charge in [-0.25, -0.2) is 0 Å². The van der Waals surface area contributed by atoms with Gasteiger partial charge in [-0.1, -0.05) is 18.2 Å². The first kappa shape index (κ1) is 11.7. The number of aromatic nitrogens is 2. The largest absolute Gasteiger partial charge is 0.492 e. The van der Waals surface area contributed by atoms with Crippen LogP contribution in [-0.4, -0.2) is 15.1 Å². The van der Waals surface area contributed by atoms with E-state index < -0.39 is 5.56 Å². The fourth-order valence-electron chi connectivity index (χ4n) is 1.23. The molecule has 0 saturated heterocycles. The number of para-hydroxylation sites is 1. The van der Waals surface area contributed by atoms with Gasteiger partial charge in [-0.15, -0.1) is 0 Å². The molecular formula is C11H9BrN2O3. The number of hydrogen-bond donors (Lipinski definition) is 2. The average Bonchev–Trinajstić information content (AvgIpc) is 2.34. The lowest BCUT2D eigenvalue weighted by Crippen LogP contribution is -2.13. The molecule has 0 bridgehead atoms. The van der Waals surface area contributed by atoms with Gasteiger partial charge in [0.25, 0.3) is 5.56 Å². The van der Waals surface area contributed by atoms with Crippen molar-refractivity contribution in [1.82, 2.24) is 9.97 Å². The standard InChI is InChI=1S/C11H9BrN2O3/c12-9-10(15)13-8(14-11(9)16)6-17-7-4-2-1-3-5-7/h1-5H,6H2,(H2,13,14,15,16). The Bertz CT molecular complexity index is 569. The maximum absolute atomic E-state index is 11.3. The Morgan fingerprint density at radius 3 is 2.71 bits per heavy atom. The van der Waals surface area contributed by atoms with Crippen molar-refractivity contribution in [3.63, 3.8) is 0 Å². The minimum atomic E-state index is -0.441. The summed E-state index contributed by atoms with van der Waals surface area (Å²) in [5, 5.41) is 9.34. The molecule has 0 amide bonds. The van der Waals surface area contributed by atoms with E-state index in [1.807, 2.05) is 18.2 Å². The number of nitrogens with zero attached hydrogens (tertiary/aromatic N) is 1. The zero-order valence-corrected chi connectivity index (χ0v) is 10.3. The molecule has 88 valence electrons. The first-order valence-corrected chi connectivity index (χ1v) is 5.61. The smallest absolute Gasteiger partial charge is 0.269 e. The predicted molar refractivity (Wildman–Crippen MR) is 65.0 cm³/mol. The number of halogens is 1. The van der Waals surface area contributed by atoms with Crippen molar-refractivity contribution in [3.8, 4) is 11.6 Å². The Hall–Kier alpha value is -1.82. The molecule has 0 spiro atoms. The Labute approximate surface area is 105 Å². The number of aromatic hydroxyl groups is 1. The lowest BCUT2D eigenvalue weighted by Gasteiger charge is -2.05. The van der Waals surface area contributed by atoms with Gasteiger partial charge in [-0.3, -0.25) is 4.79 Å². The van der Waals surface area contributed by atoms with E-state index in [9.17, 15) is 9.90 Å². The van der Waals surface area contributed by atoms with Gasteiger partial charge in [0.2, 0.25) is 5.88 Å². The summed E-state index contributed by atoms with van der Waals surface area (Å²) in [6, 6.07) is 9.13. The Kier molecular flexibility index (Phi) is 3.43. The van der Waals surface area contributed by atoms with Crippen molar-refractivity contribution in [2.45, 2.75) is 6.61 Å². The van der Waals surface area contributed by atoms with Crippen LogP contribution in [0.2, 0.25) is 0 Å². The van der Waals surface area contributed by atoms with E-state index in [4.69, 9.17) is 4.74 Å². The lowest BCUT2D eigenvalue weighted by atomic mass is 10.3. The van der Waals surface area contributed by atoms with Crippen molar-refractivity contribution < 1.29 is 9.84 Å². The zero-order chi connectivity index (χ0) is 12.3. The molecule has 0 fully saturated rings. The second kappa shape index (κ2) is 5.01. The molecule has 2 aromatic rings. The van der Waals surface area contributed by atoms with Gasteiger partial charge < -0.3 is 14.8 Å². The SMILES string of the molecule is O=c1[nH]c(COc2ccccc2)nc(O)c1Br. The zero-order valence-electron chi connectivity index (χ0n) is 8.68. The normalized spacial score (nSPS) is 10.2. The van der Waals surface area contributed by atoms with E-state index >= 15 is 0 Å². The fraction of sp³-hybridized carbons (Fsp3) is 0.0909. The molecule has 0 aliphatic rings. The van der Waals surface area contributed by atoms with Crippen LogP contribution in [-0.2, 0) is 6.61 Å². The average molecular weight is 297 g/mol. The first-order chi connectivity index (χ1) is 8.16. The summed E-state index contributed by atoms with van der Waals surface area (Å²) in [6.07, 6.45) is 0. The van der Waals surface area contributed by atoms with E-state index in [0.29, 0.717) is 5.75 Å². The van der Waals surface area contributed by atoms with Crippen LogP contribution in [0.1, 0.15) is 5.82 Å². The Morgan fingerprint density at radius 2 is 2.06 bits per heavy atom. The maximum Gasteiger partial charge on any atom is 0.269 e. The van der Waals surface area contributed by atoms with Crippen molar-refractivity contribution in [2.75, 3.05) is 0 Å². The molecule has 0 unspecified atom stereocenters. The van der Waals surface area contributed by atoms with Gasteiger partial charge in [0.15, 0.2) is 5.82 Å². The van der Waals surface area contributed by atoms with Crippen LogP contribution in [0.3, 0.4) is 0 Å². The topological polar surface area (TPSA) is 75.2 Å². The molecule has 0 radical (unpaired) electrons. The van der Waals surface area contributed by atoms with Crippen LogP contribution in [0.4, 0.5) is 0 Å². The predicted octanol–water partition coefficient (Wildman–Crippen LogP) is 1.82. The highest BCUT2D eigenvalue weighted by Gasteiger charge is 2.07. The van der Waals surface area contributed by atoms with Crippen LogP contribution in [0.15, 0.2) is 39.6 Å². The third-order valence-electron chi connectivity index (χ3n) is 2.01. The highest BCUT2D eigenvalue weighted by molar-refractivity contribution is 9.10. The second-order valence-electron chi connectivity index (χ2n) is 3.25. The van der Waals surface area contributed by atoms with Gasteiger partial charge in [0.1, 0.15) is 16.8 Å². The first-order valence-electron chi connectivity index (χ1n) is 4.82. The molecule has 2 rings (SSSR count). The third-order valence-corrected chi connectivity index (χ3v) is 2.73. The number of aromatic amines is 1. The molecule has 0 aliphatic carbocycles. The maximum atomic E-state index is 11.3. The molecule has 6 heteroatoms. The lowest BCUT2D eigenvalue weighted by molar-refractivity contribution is 0.292. The van der Waals surface area contributed by atoms with E-state index in [-0.39, 0.29) is 22.8 Å². The third kappa shape index (κ3) is 2.85. The van der Waals surface area contributed by atoms with Crippen LogP contribution < -0.4 is 10.3 Å². The molecular weight excluding hydrogens is 288 g/mol. The summed E-state index contributed by atoms with van der Waals surface area (Å²) in [4.78, 5) is 17.6. The van der Waals surface area contributed by atoms with E-state index in [1.165, 1.54) is 0 Å². The molecule has 5 nitrogen and oxygen atoms in total. The van der Waals surface area contributed by atoms with Gasteiger partial charge in [-0.2, -0.15) is 4.98 Å². The Morgan fingerprint density at radius 1 is 1.35 bits per heavy atom. The minimum Gasteiger partial charge on any atom is -0.492 e. The highest BCUT2D eigenvalue weighted by atomic mass is 79.9. The van der Waals surface area contributed by atoms with Crippen molar-refractivity contribution in [2.24, 2.45) is 0 Å². The summed E-state index contributed by atoms with van der Waals surface area (Å²) in [5.41, 5.74) is -0.441. The van der Waals surface area contributed by atoms with E-state index in [1.54, 1.807) is 12.1 Å².